The first-order valence-corrected chi connectivity index (χ1v) is 4.30. The molecule has 1 aromatic heterocycles. The van der Waals surface area contributed by atoms with E-state index in [1.165, 1.54) is 0 Å². The van der Waals surface area contributed by atoms with Crippen molar-refractivity contribution in [2.75, 3.05) is 0 Å². The van der Waals surface area contributed by atoms with Crippen LogP contribution in [0.1, 0.15) is 37.7 Å². The lowest BCUT2D eigenvalue weighted by Gasteiger charge is -2.20. The second kappa shape index (κ2) is 3.04. The number of halogens is 3. The van der Waals surface area contributed by atoms with Gasteiger partial charge in [-0.2, -0.15) is 13.2 Å². The summed E-state index contributed by atoms with van der Waals surface area (Å²) in [6.45, 7) is 6.76. The molecule has 14 heavy (non-hydrogen) atoms. The Morgan fingerprint density at radius 3 is 1.93 bits per heavy atom. The Morgan fingerprint density at radius 2 is 1.64 bits per heavy atom. The molecule has 0 aliphatic heterocycles. The molecule has 4 heteroatoms. The fourth-order valence-electron chi connectivity index (χ4n) is 1.60. The predicted molar refractivity (Wildman–Crippen MR) is 47.1 cm³/mol. The molecule has 0 amide bonds. The van der Waals surface area contributed by atoms with E-state index in [4.69, 9.17) is 4.42 Å². The summed E-state index contributed by atoms with van der Waals surface area (Å²) < 4.78 is 42.4. The van der Waals surface area contributed by atoms with Gasteiger partial charge in [-0.05, 0) is 12.3 Å². The third kappa shape index (κ3) is 1.94. The maximum atomic E-state index is 12.5. The molecule has 1 heterocycles. The Morgan fingerprint density at radius 1 is 1.14 bits per heavy atom. The number of aryl methyl sites for hydroxylation is 1. The lowest BCUT2D eigenvalue weighted by atomic mass is 9.84. The highest BCUT2D eigenvalue weighted by Crippen LogP contribution is 2.40. The Kier molecular flexibility index (Phi) is 2.42. The Hall–Kier alpha value is -0.930. The van der Waals surface area contributed by atoms with Crippen LogP contribution in [0.5, 0.6) is 0 Å². The molecule has 0 unspecified atom stereocenters. The molecule has 0 atom stereocenters. The van der Waals surface area contributed by atoms with Crippen LogP contribution in [-0.4, -0.2) is 0 Å². The maximum Gasteiger partial charge on any atom is 0.419 e. The second-order valence-electron chi connectivity index (χ2n) is 4.33. The summed E-state index contributed by atoms with van der Waals surface area (Å²) in [5.41, 5.74) is -0.977. The number of hydrogen-bond donors (Lipinski definition) is 0. The quantitative estimate of drug-likeness (QED) is 0.627. The van der Waals surface area contributed by atoms with Crippen LogP contribution in [0.25, 0.3) is 0 Å². The highest BCUT2D eigenvalue weighted by atomic mass is 19.4. The fraction of sp³-hybridized carbons (Fsp3) is 0.600. The number of rotatable bonds is 0. The minimum absolute atomic E-state index is 0.241. The zero-order valence-corrected chi connectivity index (χ0v) is 8.62. The SMILES string of the molecule is Cc1occ(C(F)(F)F)c1C(C)(C)C. The van der Waals surface area contributed by atoms with E-state index in [0.29, 0.717) is 5.76 Å². The monoisotopic (exact) mass is 206 g/mol. The van der Waals surface area contributed by atoms with Crippen molar-refractivity contribution in [3.8, 4) is 0 Å². The van der Waals surface area contributed by atoms with Crippen molar-refractivity contribution in [1.29, 1.82) is 0 Å². The van der Waals surface area contributed by atoms with Crippen molar-refractivity contribution in [3.63, 3.8) is 0 Å². The largest absolute Gasteiger partial charge is 0.469 e. The van der Waals surface area contributed by atoms with Gasteiger partial charge in [-0.3, -0.25) is 0 Å². The molecule has 0 bridgehead atoms. The summed E-state index contributed by atoms with van der Waals surface area (Å²) in [6, 6.07) is 0. The first kappa shape index (κ1) is 11.1. The molecule has 0 aromatic carbocycles. The summed E-state index contributed by atoms with van der Waals surface area (Å²) in [6.07, 6.45) is -3.55. The zero-order chi connectivity index (χ0) is 11.1. The van der Waals surface area contributed by atoms with Gasteiger partial charge in [-0.15, -0.1) is 0 Å². The lowest BCUT2D eigenvalue weighted by molar-refractivity contribution is -0.138. The summed E-state index contributed by atoms with van der Waals surface area (Å²) in [7, 11) is 0. The zero-order valence-electron chi connectivity index (χ0n) is 8.62. The lowest BCUT2D eigenvalue weighted by Crippen LogP contribution is -2.18. The van der Waals surface area contributed by atoms with Gasteiger partial charge in [0.1, 0.15) is 12.0 Å². The molecule has 1 nitrogen and oxygen atoms in total. The fourth-order valence-corrected chi connectivity index (χ4v) is 1.60. The third-order valence-electron chi connectivity index (χ3n) is 2.03. The van der Waals surface area contributed by atoms with Crippen LogP contribution in [0, 0.1) is 6.92 Å². The Labute approximate surface area is 80.9 Å². The molecule has 0 saturated heterocycles. The molecule has 0 aliphatic carbocycles. The smallest absolute Gasteiger partial charge is 0.419 e. The van der Waals surface area contributed by atoms with Gasteiger partial charge in [0.15, 0.2) is 0 Å². The molecule has 0 radical (unpaired) electrons. The normalized spacial score (nSPS) is 13.4. The summed E-state index contributed by atoms with van der Waals surface area (Å²) >= 11 is 0. The molecule has 80 valence electrons. The van der Waals surface area contributed by atoms with Crippen molar-refractivity contribution in [1.82, 2.24) is 0 Å². The van der Waals surface area contributed by atoms with Crippen molar-refractivity contribution in [3.05, 3.63) is 23.2 Å². The molecule has 1 aromatic rings. The van der Waals surface area contributed by atoms with E-state index in [2.05, 4.69) is 0 Å². The van der Waals surface area contributed by atoms with Crippen LogP contribution in [0.15, 0.2) is 10.7 Å². The van der Waals surface area contributed by atoms with Gasteiger partial charge in [-0.1, -0.05) is 20.8 Å². The molecule has 0 saturated carbocycles. The van der Waals surface area contributed by atoms with Crippen LogP contribution in [-0.2, 0) is 11.6 Å². The van der Waals surface area contributed by atoms with Crippen LogP contribution in [0.4, 0.5) is 13.2 Å². The average molecular weight is 206 g/mol. The van der Waals surface area contributed by atoms with Gasteiger partial charge < -0.3 is 4.42 Å². The number of hydrogen-bond acceptors (Lipinski definition) is 1. The van der Waals surface area contributed by atoms with Crippen molar-refractivity contribution < 1.29 is 17.6 Å². The molecular weight excluding hydrogens is 193 g/mol. The number of furan rings is 1. The van der Waals surface area contributed by atoms with Crippen molar-refractivity contribution in [2.24, 2.45) is 0 Å². The van der Waals surface area contributed by atoms with Crippen molar-refractivity contribution >= 4 is 0 Å². The Bertz CT molecular complexity index is 328. The van der Waals surface area contributed by atoms with E-state index in [9.17, 15) is 13.2 Å². The van der Waals surface area contributed by atoms with E-state index >= 15 is 0 Å². The van der Waals surface area contributed by atoms with Crippen LogP contribution in [0.2, 0.25) is 0 Å². The number of alkyl halides is 3. The summed E-state index contributed by atoms with van der Waals surface area (Å²) in [5.74, 6) is 0.338. The van der Waals surface area contributed by atoms with Gasteiger partial charge in [0, 0.05) is 5.56 Å². The third-order valence-corrected chi connectivity index (χ3v) is 2.03. The highest BCUT2D eigenvalue weighted by molar-refractivity contribution is 5.35. The van der Waals surface area contributed by atoms with E-state index in [1.807, 2.05) is 0 Å². The van der Waals surface area contributed by atoms with E-state index in [0.717, 1.165) is 6.26 Å². The van der Waals surface area contributed by atoms with E-state index < -0.39 is 17.2 Å². The first-order valence-electron chi connectivity index (χ1n) is 4.30. The van der Waals surface area contributed by atoms with E-state index in [-0.39, 0.29) is 5.56 Å². The van der Waals surface area contributed by atoms with Crippen LogP contribution >= 0.6 is 0 Å². The maximum absolute atomic E-state index is 12.5. The van der Waals surface area contributed by atoms with Gasteiger partial charge >= 0.3 is 6.18 Å². The molecule has 0 spiro atoms. The predicted octanol–water partition coefficient (Wildman–Crippen LogP) is 3.90. The minimum Gasteiger partial charge on any atom is -0.469 e. The molecule has 1 rings (SSSR count). The first-order chi connectivity index (χ1) is 6.14. The van der Waals surface area contributed by atoms with Crippen LogP contribution in [0.3, 0.4) is 0 Å². The van der Waals surface area contributed by atoms with Gasteiger partial charge in [0.2, 0.25) is 0 Å². The minimum atomic E-state index is -4.33. The van der Waals surface area contributed by atoms with E-state index in [1.54, 1.807) is 27.7 Å². The van der Waals surface area contributed by atoms with Gasteiger partial charge in [0.25, 0.3) is 0 Å². The van der Waals surface area contributed by atoms with Gasteiger partial charge in [0.05, 0.1) is 5.56 Å². The molecule has 0 aliphatic rings. The summed E-state index contributed by atoms with van der Waals surface area (Å²) in [5, 5.41) is 0. The van der Waals surface area contributed by atoms with Crippen LogP contribution < -0.4 is 0 Å². The average Bonchev–Trinajstić information content (AvgIpc) is 2.27. The van der Waals surface area contributed by atoms with Crippen molar-refractivity contribution in [2.45, 2.75) is 39.3 Å². The Balaban J connectivity index is 3.35. The standard InChI is InChI=1S/C10H13F3O/c1-6-8(9(2,3)4)7(5-14-6)10(11,12)13/h5H,1-4H3. The molecular formula is C10H13F3O. The van der Waals surface area contributed by atoms with Gasteiger partial charge in [-0.25, -0.2) is 0 Å². The highest BCUT2D eigenvalue weighted by Gasteiger charge is 2.39. The summed E-state index contributed by atoms with van der Waals surface area (Å²) in [4.78, 5) is 0. The molecule has 0 N–H and O–H groups in total. The second-order valence-corrected chi connectivity index (χ2v) is 4.33. The molecule has 0 fully saturated rings. The topological polar surface area (TPSA) is 13.1 Å².